The number of hydrogen-bond donors (Lipinski definition) is 2. The van der Waals surface area contributed by atoms with E-state index in [0.717, 1.165) is 11.6 Å². The van der Waals surface area contributed by atoms with Gasteiger partial charge in [0.1, 0.15) is 0 Å². The second kappa shape index (κ2) is 8.17. The molecule has 9 nitrogen and oxygen atoms in total. The number of alkyl halides is 3. The van der Waals surface area contributed by atoms with E-state index in [0.29, 0.717) is 5.56 Å². The molecule has 1 amide bonds. The minimum atomic E-state index is -4.60. The maximum Gasteiger partial charge on any atom is 0.435 e. The summed E-state index contributed by atoms with van der Waals surface area (Å²) >= 11 is 0. The topological polar surface area (TPSA) is 109 Å². The molecule has 12 heteroatoms. The Morgan fingerprint density at radius 3 is 2.35 bits per heavy atom. The summed E-state index contributed by atoms with van der Waals surface area (Å²) in [5, 5.41) is 14.6. The number of nitrogens with one attached hydrogen (secondary N) is 1. The van der Waals surface area contributed by atoms with Gasteiger partial charge in [0.15, 0.2) is 5.69 Å². The summed E-state index contributed by atoms with van der Waals surface area (Å²) in [5.74, 6) is -0.417. The van der Waals surface area contributed by atoms with E-state index in [9.17, 15) is 18.0 Å². The molecule has 0 aliphatic rings. The van der Waals surface area contributed by atoms with E-state index in [1.807, 2.05) is 0 Å². The summed E-state index contributed by atoms with van der Waals surface area (Å²) in [6.45, 7) is 3.39. The predicted octanol–water partition coefficient (Wildman–Crippen LogP) is 1.50. The number of nitrogens with zero attached hydrogens (tertiary/aromatic N) is 6. The third-order valence-corrected chi connectivity index (χ3v) is 4.63. The minimum absolute atomic E-state index is 0.00133. The lowest BCUT2D eigenvalue weighted by Gasteiger charge is -2.28. The zero-order chi connectivity index (χ0) is 23.0. The van der Waals surface area contributed by atoms with Crippen molar-refractivity contribution in [3.63, 3.8) is 0 Å². The van der Waals surface area contributed by atoms with Gasteiger partial charge in [-0.3, -0.25) is 18.8 Å². The molecule has 0 radical (unpaired) electrons. The Bertz CT molecular complexity index is 1060. The van der Waals surface area contributed by atoms with Gasteiger partial charge >= 0.3 is 6.18 Å². The van der Waals surface area contributed by atoms with Crippen molar-refractivity contribution in [3.05, 3.63) is 42.1 Å². The number of hydrogen-bond acceptors (Lipinski definition) is 5. The van der Waals surface area contributed by atoms with Gasteiger partial charge in [0, 0.05) is 32.1 Å². The maximum atomic E-state index is 13.3. The molecule has 3 N–H and O–H groups in total. The van der Waals surface area contributed by atoms with Crippen molar-refractivity contribution in [2.75, 3.05) is 0 Å². The van der Waals surface area contributed by atoms with Crippen molar-refractivity contribution in [2.45, 2.75) is 44.6 Å². The molecule has 3 rings (SSSR count). The van der Waals surface area contributed by atoms with Crippen LogP contribution in [-0.4, -0.2) is 46.8 Å². The van der Waals surface area contributed by atoms with Crippen LogP contribution in [0.5, 0.6) is 0 Å². The van der Waals surface area contributed by atoms with Crippen LogP contribution in [-0.2, 0) is 38.0 Å². The molecule has 1 atom stereocenters. The van der Waals surface area contributed by atoms with Gasteiger partial charge in [-0.25, -0.2) is 0 Å². The number of aryl methyl sites for hydroxylation is 2. The molecule has 0 unspecified atom stereocenters. The SMILES string of the molecule is Cn1cc(C[C@@H](N)C(=O)NC(C)(C)Cn2nc(C(F)(F)F)cc2-c2cnn(C)c2)cn1. The van der Waals surface area contributed by atoms with Gasteiger partial charge in [0.2, 0.25) is 5.91 Å². The van der Waals surface area contributed by atoms with Gasteiger partial charge in [-0.05, 0) is 31.9 Å². The van der Waals surface area contributed by atoms with E-state index < -0.39 is 29.4 Å². The fourth-order valence-electron chi connectivity index (χ4n) is 3.23. The predicted molar refractivity (Wildman–Crippen MR) is 107 cm³/mol. The number of aromatic nitrogens is 6. The first-order chi connectivity index (χ1) is 14.3. The van der Waals surface area contributed by atoms with E-state index in [-0.39, 0.29) is 18.7 Å². The second-order valence-corrected chi connectivity index (χ2v) is 8.18. The Morgan fingerprint density at radius 1 is 1.16 bits per heavy atom. The van der Waals surface area contributed by atoms with Crippen molar-refractivity contribution in [1.29, 1.82) is 0 Å². The molecule has 0 saturated carbocycles. The number of carbonyl (C=O) groups excluding carboxylic acids is 1. The lowest BCUT2D eigenvalue weighted by molar-refractivity contribution is -0.141. The Hall–Kier alpha value is -3.15. The molecule has 0 aromatic carbocycles. The van der Waals surface area contributed by atoms with Crippen LogP contribution in [0.1, 0.15) is 25.1 Å². The number of carbonyl (C=O) groups is 1. The fraction of sp³-hybridized carbons (Fsp3) is 0.474. The van der Waals surface area contributed by atoms with Crippen LogP contribution < -0.4 is 11.1 Å². The van der Waals surface area contributed by atoms with Crippen molar-refractivity contribution in [2.24, 2.45) is 19.8 Å². The number of nitrogens with two attached hydrogens (primary N) is 1. The lowest BCUT2D eigenvalue weighted by atomic mass is 10.0. The zero-order valence-electron chi connectivity index (χ0n) is 17.7. The van der Waals surface area contributed by atoms with Crippen molar-refractivity contribution >= 4 is 5.91 Å². The molecule has 3 heterocycles. The van der Waals surface area contributed by atoms with E-state index in [4.69, 9.17) is 5.73 Å². The molecular formula is C19H25F3N8O. The van der Waals surface area contributed by atoms with Gasteiger partial charge in [0.05, 0.1) is 36.2 Å². The van der Waals surface area contributed by atoms with Crippen LogP contribution in [0.4, 0.5) is 13.2 Å². The van der Waals surface area contributed by atoms with Gasteiger partial charge in [-0.1, -0.05) is 0 Å². The van der Waals surface area contributed by atoms with Crippen LogP contribution in [0, 0.1) is 0 Å². The van der Waals surface area contributed by atoms with Gasteiger partial charge in [-0.2, -0.15) is 28.5 Å². The van der Waals surface area contributed by atoms with Crippen molar-refractivity contribution in [1.82, 2.24) is 34.7 Å². The highest BCUT2D eigenvalue weighted by Gasteiger charge is 2.36. The third-order valence-electron chi connectivity index (χ3n) is 4.63. The fourth-order valence-corrected chi connectivity index (χ4v) is 3.23. The third kappa shape index (κ3) is 5.51. The largest absolute Gasteiger partial charge is 0.435 e. The van der Waals surface area contributed by atoms with Gasteiger partial charge < -0.3 is 11.1 Å². The number of amides is 1. The zero-order valence-corrected chi connectivity index (χ0v) is 17.7. The first kappa shape index (κ1) is 22.5. The summed E-state index contributed by atoms with van der Waals surface area (Å²) in [5.41, 5.74) is 5.63. The van der Waals surface area contributed by atoms with E-state index in [1.165, 1.54) is 15.6 Å². The standard InChI is InChI=1S/C19H25F3N8O/c1-18(2,26-17(31)14(23)5-12-7-24-28(3)9-12)11-30-15(13-8-25-29(4)10-13)6-16(27-30)19(20,21)22/h6-10,14H,5,11,23H2,1-4H3,(H,26,31)/t14-/m1/s1. The minimum Gasteiger partial charge on any atom is -0.348 e. The summed E-state index contributed by atoms with van der Waals surface area (Å²) in [4.78, 5) is 12.6. The normalized spacial score (nSPS) is 13.4. The molecule has 3 aromatic heterocycles. The van der Waals surface area contributed by atoms with Crippen molar-refractivity contribution < 1.29 is 18.0 Å². The molecule has 3 aromatic rings. The Labute approximate surface area is 177 Å². The maximum absolute atomic E-state index is 13.3. The number of rotatable bonds is 7. The number of halogens is 3. The monoisotopic (exact) mass is 438 g/mol. The highest BCUT2D eigenvalue weighted by atomic mass is 19.4. The molecule has 0 fully saturated rings. The summed E-state index contributed by atoms with van der Waals surface area (Å²) in [6, 6.07) is 0.146. The lowest BCUT2D eigenvalue weighted by Crippen LogP contribution is -2.53. The first-order valence-electron chi connectivity index (χ1n) is 9.53. The Balaban J connectivity index is 1.78. The molecule has 0 aliphatic carbocycles. The van der Waals surface area contributed by atoms with Crippen LogP contribution in [0.15, 0.2) is 30.9 Å². The smallest absolute Gasteiger partial charge is 0.348 e. The summed E-state index contributed by atoms with van der Waals surface area (Å²) < 4.78 is 44.1. The summed E-state index contributed by atoms with van der Waals surface area (Å²) in [6.07, 6.45) is 2.15. The van der Waals surface area contributed by atoms with Crippen LogP contribution in [0.2, 0.25) is 0 Å². The average molecular weight is 438 g/mol. The molecule has 31 heavy (non-hydrogen) atoms. The van der Waals surface area contributed by atoms with Crippen LogP contribution in [0.25, 0.3) is 11.3 Å². The highest BCUT2D eigenvalue weighted by molar-refractivity contribution is 5.82. The first-order valence-corrected chi connectivity index (χ1v) is 9.53. The Kier molecular flexibility index (Phi) is 5.94. The van der Waals surface area contributed by atoms with Gasteiger partial charge in [-0.15, -0.1) is 0 Å². The molecule has 0 saturated heterocycles. The molecule has 0 bridgehead atoms. The van der Waals surface area contributed by atoms with E-state index >= 15 is 0 Å². The summed E-state index contributed by atoms with van der Waals surface area (Å²) in [7, 11) is 3.43. The average Bonchev–Trinajstić information content (AvgIpc) is 3.34. The van der Waals surface area contributed by atoms with E-state index in [1.54, 1.807) is 51.2 Å². The second-order valence-electron chi connectivity index (χ2n) is 8.18. The molecule has 0 spiro atoms. The van der Waals surface area contributed by atoms with Crippen molar-refractivity contribution in [3.8, 4) is 11.3 Å². The van der Waals surface area contributed by atoms with Gasteiger partial charge in [0.25, 0.3) is 0 Å². The molecular weight excluding hydrogens is 413 g/mol. The Morgan fingerprint density at radius 2 is 1.81 bits per heavy atom. The quantitative estimate of drug-likeness (QED) is 0.581. The highest BCUT2D eigenvalue weighted by Crippen LogP contribution is 2.32. The van der Waals surface area contributed by atoms with Crippen LogP contribution in [0.3, 0.4) is 0 Å². The molecule has 168 valence electrons. The van der Waals surface area contributed by atoms with E-state index in [2.05, 4.69) is 20.6 Å². The van der Waals surface area contributed by atoms with Crippen LogP contribution >= 0.6 is 0 Å². The molecule has 0 aliphatic heterocycles.